The molecule has 0 aliphatic heterocycles. The summed E-state index contributed by atoms with van der Waals surface area (Å²) in [6.45, 7) is 2.13. The van der Waals surface area contributed by atoms with Gasteiger partial charge in [-0.05, 0) is 36.2 Å². The van der Waals surface area contributed by atoms with E-state index in [2.05, 4.69) is 15.6 Å². The van der Waals surface area contributed by atoms with Gasteiger partial charge in [0.1, 0.15) is 5.82 Å². The number of halogens is 2. The van der Waals surface area contributed by atoms with Crippen LogP contribution in [0.2, 0.25) is 5.02 Å². The summed E-state index contributed by atoms with van der Waals surface area (Å²) < 4.78 is 13.4. The van der Waals surface area contributed by atoms with Crippen LogP contribution in [-0.4, -0.2) is 18.1 Å². The maximum Gasteiger partial charge on any atom is 0.191 e. The van der Waals surface area contributed by atoms with Crippen LogP contribution >= 0.6 is 11.6 Å². The summed E-state index contributed by atoms with van der Waals surface area (Å²) in [4.78, 5) is 4.19. The lowest BCUT2D eigenvalue weighted by atomic mass is 10.1. The number of nitrogens with one attached hydrogen (secondary N) is 2. The molecule has 128 valence electrons. The van der Waals surface area contributed by atoms with Crippen molar-refractivity contribution in [1.29, 1.82) is 0 Å². The lowest BCUT2D eigenvalue weighted by Crippen LogP contribution is -2.38. The molecule has 0 amide bonds. The third-order valence-corrected chi connectivity index (χ3v) is 4.03. The smallest absolute Gasteiger partial charge is 0.191 e. The summed E-state index contributed by atoms with van der Waals surface area (Å²) in [5.41, 5.74) is 2.11. The summed E-state index contributed by atoms with van der Waals surface area (Å²) in [5.74, 6) is 0.202. The zero-order valence-electron chi connectivity index (χ0n) is 13.7. The molecular formula is C18H21ClFN3O. The molecule has 24 heavy (non-hydrogen) atoms. The van der Waals surface area contributed by atoms with E-state index in [1.54, 1.807) is 19.2 Å². The maximum atomic E-state index is 13.4. The Kier molecular flexibility index (Phi) is 6.58. The highest BCUT2D eigenvalue weighted by Gasteiger charge is 2.11. The van der Waals surface area contributed by atoms with Crippen LogP contribution in [0.1, 0.15) is 29.7 Å². The van der Waals surface area contributed by atoms with E-state index in [0.29, 0.717) is 17.5 Å². The van der Waals surface area contributed by atoms with E-state index in [9.17, 15) is 4.39 Å². The van der Waals surface area contributed by atoms with Crippen molar-refractivity contribution in [1.82, 2.24) is 10.6 Å². The van der Waals surface area contributed by atoms with Crippen molar-refractivity contribution >= 4 is 17.6 Å². The molecule has 0 heterocycles. The van der Waals surface area contributed by atoms with Gasteiger partial charge in [0.15, 0.2) is 5.96 Å². The predicted molar refractivity (Wildman–Crippen MR) is 95.5 cm³/mol. The fourth-order valence-electron chi connectivity index (χ4n) is 2.35. The van der Waals surface area contributed by atoms with Crippen LogP contribution in [0.5, 0.6) is 0 Å². The minimum atomic E-state index is -0.406. The number of nitrogens with zero attached hydrogens (tertiary/aromatic N) is 1. The molecular weight excluding hydrogens is 329 g/mol. The number of hydrogen-bond acceptors (Lipinski definition) is 2. The standard InChI is InChI=1S/C18H21ClFN3O/c1-12(15-5-3-4-6-16(15)19)23-18(21-2)22-10-13-7-8-17(20)14(9-13)11-24/h3-9,12,24H,10-11H2,1-2H3,(H2,21,22,23). The van der Waals surface area contributed by atoms with Gasteiger partial charge in [0.2, 0.25) is 0 Å². The number of hydrogen-bond donors (Lipinski definition) is 3. The normalized spacial score (nSPS) is 12.8. The molecule has 0 aromatic heterocycles. The SMILES string of the molecule is CN=C(NCc1ccc(F)c(CO)c1)NC(C)c1ccccc1Cl. The zero-order chi connectivity index (χ0) is 17.5. The van der Waals surface area contributed by atoms with Gasteiger partial charge < -0.3 is 15.7 Å². The highest BCUT2D eigenvalue weighted by molar-refractivity contribution is 6.31. The number of guanidine groups is 1. The molecule has 6 heteroatoms. The number of aliphatic imine (C=N–C) groups is 1. The summed E-state index contributed by atoms with van der Waals surface area (Å²) in [6, 6.07) is 12.3. The van der Waals surface area contributed by atoms with Gasteiger partial charge in [0.25, 0.3) is 0 Å². The number of aliphatic hydroxyl groups is 1. The second-order valence-corrected chi connectivity index (χ2v) is 5.80. The molecule has 2 aromatic carbocycles. The van der Waals surface area contributed by atoms with Crippen molar-refractivity contribution in [2.24, 2.45) is 4.99 Å². The Morgan fingerprint density at radius 2 is 2.04 bits per heavy atom. The molecule has 0 spiro atoms. The van der Waals surface area contributed by atoms with Crippen LogP contribution < -0.4 is 10.6 Å². The maximum absolute atomic E-state index is 13.4. The molecule has 0 saturated carbocycles. The highest BCUT2D eigenvalue weighted by Crippen LogP contribution is 2.21. The molecule has 2 rings (SSSR count). The molecule has 0 saturated heterocycles. The first-order valence-corrected chi connectivity index (χ1v) is 8.02. The molecule has 2 aromatic rings. The number of benzene rings is 2. The second kappa shape index (κ2) is 8.66. The van der Waals surface area contributed by atoms with Crippen LogP contribution in [0.3, 0.4) is 0 Å². The van der Waals surface area contributed by atoms with E-state index in [4.69, 9.17) is 16.7 Å². The Bertz CT molecular complexity index is 721. The molecule has 4 nitrogen and oxygen atoms in total. The molecule has 0 bridgehead atoms. The molecule has 0 fully saturated rings. The van der Waals surface area contributed by atoms with E-state index >= 15 is 0 Å². The largest absolute Gasteiger partial charge is 0.392 e. The van der Waals surface area contributed by atoms with Crippen molar-refractivity contribution < 1.29 is 9.50 Å². The van der Waals surface area contributed by atoms with Crippen LogP contribution in [-0.2, 0) is 13.2 Å². The quantitative estimate of drug-likeness (QED) is 0.573. The average Bonchev–Trinajstić information content (AvgIpc) is 2.59. The number of aliphatic hydroxyl groups excluding tert-OH is 1. The van der Waals surface area contributed by atoms with Crippen molar-refractivity contribution in [3.05, 3.63) is 70.0 Å². The van der Waals surface area contributed by atoms with Gasteiger partial charge in [-0.25, -0.2) is 4.39 Å². The van der Waals surface area contributed by atoms with Crippen molar-refractivity contribution in [2.75, 3.05) is 7.05 Å². The van der Waals surface area contributed by atoms with Gasteiger partial charge in [-0.3, -0.25) is 4.99 Å². The zero-order valence-corrected chi connectivity index (χ0v) is 14.4. The Morgan fingerprint density at radius 3 is 2.71 bits per heavy atom. The lowest BCUT2D eigenvalue weighted by molar-refractivity contribution is 0.275. The molecule has 0 aliphatic carbocycles. The van der Waals surface area contributed by atoms with Crippen LogP contribution in [0.4, 0.5) is 4.39 Å². The Hall–Kier alpha value is -2.11. The minimum absolute atomic E-state index is 0.0221. The van der Waals surface area contributed by atoms with Crippen LogP contribution in [0.25, 0.3) is 0 Å². The van der Waals surface area contributed by atoms with E-state index in [-0.39, 0.29) is 18.2 Å². The molecule has 3 N–H and O–H groups in total. The monoisotopic (exact) mass is 349 g/mol. The highest BCUT2D eigenvalue weighted by atomic mass is 35.5. The average molecular weight is 350 g/mol. The summed E-state index contributed by atoms with van der Waals surface area (Å²) in [7, 11) is 1.68. The van der Waals surface area contributed by atoms with E-state index in [0.717, 1.165) is 11.1 Å². The van der Waals surface area contributed by atoms with Gasteiger partial charge in [0.05, 0.1) is 12.6 Å². The summed E-state index contributed by atoms with van der Waals surface area (Å²) in [6.07, 6.45) is 0. The second-order valence-electron chi connectivity index (χ2n) is 5.40. The Labute approximate surface area is 146 Å². The summed E-state index contributed by atoms with van der Waals surface area (Å²) >= 11 is 6.21. The third kappa shape index (κ3) is 4.69. The van der Waals surface area contributed by atoms with Gasteiger partial charge in [0, 0.05) is 24.2 Å². The predicted octanol–water partition coefficient (Wildman–Crippen LogP) is 3.40. The van der Waals surface area contributed by atoms with Gasteiger partial charge in [-0.2, -0.15) is 0 Å². The Morgan fingerprint density at radius 1 is 1.29 bits per heavy atom. The molecule has 0 radical (unpaired) electrons. The Balaban J connectivity index is 1.99. The van der Waals surface area contributed by atoms with Crippen molar-refractivity contribution in [2.45, 2.75) is 26.1 Å². The third-order valence-electron chi connectivity index (χ3n) is 3.69. The summed E-state index contributed by atoms with van der Waals surface area (Å²) in [5, 5.41) is 16.3. The van der Waals surface area contributed by atoms with Gasteiger partial charge >= 0.3 is 0 Å². The van der Waals surface area contributed by atoms with E-state index in [1.165, 1.54) is 6.07 Å². The van der Waals surface area contributed by atoms with Crippen LogP contribution in [0, 0.1) is 5.82 Å². The fraction of sp³-hybridized carbons (Fsp3) is 0.278. The van der Waals surface area contributed by atoms with Crippen LogP contribution in [0.15, 0.2) is 47.5 Å². The van der Waals surface area contributed by atoms with Crippen molar-refractivity contribution in [3.8, 4) is 0 Å². The molecule has 0 aliphatic rings. The van der Waals surface area contributed by atoms with Gasteiger partial charge in [-0.1, -0.05) is 35.9 Å². The molecule has 1 unspecified atom stereocenters. The first kappa shape index (κ1) is 18.2. The number of rotatable bonds is 5. The lowest BCUT2D eigenvalue weighted by Gasteiger charge is -2.19. The first-order valence-electron chi connectivity index (χ1n) is 7.65. The fourth-order valence-corrected chi connectivity index (χ4v) is 2.65. The first-order chi connectivity index (χ1) is 11.5. The van der Waals surface area contributed by atoms with E-state index in [1.807, 2.05) is 31.2 Å². The van der Waals surface area contributed by atoms with Crippen molar-refractivity contribution in [3.63, 3.8) is 0 Å². The topological polar surface area (TPSA) is 56.7 Å². The van der Waals surface area contributed by atoms with E-state index < -0.39 is 5.82 Å². The molecule has 1 atom stereocenters. The minimum Gasteiger partial charge on any atom is -0.392 e. The van der Waals surface area contributed by atoms with Gasteiger partial charge in [-0.15, -0.1) is 0 Å².